The Morgan fingerprint density at radius 2 is 2.16 bits per heavy atom. The van der Waals surface area contributed by atoms with Gasteiger partial charge in [0.1, 0.15) is 5.82 Å². The number of carbonyl (C=O) groups is 1. The van der Waals surface area contributed by atoms with Crippen LogP contribution in [0, 0.1) is 12.7 Å². The van der Waals surface area contributed by atoms with Crippen LogP contribution in [0.3, 0.4) is 0 Å². The Morgan fingerprint density at radius 1 is 1.42 bits per heavy atom. The second-order valence-electron chi connectivity index (χ2n) is 4.38. The quantitative estimate of drug-likeness (QED) is 0.817. The molecule has 1 heterocycles. The molecule has 0 unspecified atom stereocenters. The first-order chi connectivity index (χ1) is 8.97. The summed E-state index contributed by atoms with van der Waals surface area (Å²) in [5.41, 5.74) is 0.919. The van der Waals surface area contributed by atoms with Gasteiger partial charge >= 0.3 is 0 Å². The molecule has 0 bridgehead atoms. The molecule has 0 radical (unpaired) electrons. The van der Waals surface area contributed by atoms with Crippen LogP contribution >= 0.6 is 27.3 Å². The summed E-state index contributed by atoms with van der Waals surface area (Å²) < 4.78 is 14.7. The van der Waals surface area contributed by atoms with Gasteiger partial charge in [0.2, 0.25) is 0 Å². The molecule has 0 N–H and O–H groups in total. The zero-order valence-electron chi connectivity index (χ0n) is 10.6. The van der Waals surface area contributed by atoms with Crippen LogP contribution in [0.15, 0.2) is 34.1 Å². The highest BCUT2D eigenvalue weighted by Gasteiger charge is 2.16. The van der Waals surface area contributed by atoms with E-state index in [1.165, 1.54) is 17.0 Å². The van der Waals surface area contributed by atoms with E-state index in [-0.39, 0.29) is 11.5 Å². The molecule has 0 saturated heterocycles. The average molecular weight is 342 g/mol. The van der Waals surface area contributed by atoms with E-state index >= 15 is 0 Å². The number of nitrogens with zero attached hydrogens (tertiary/aromatic N) is 1. The lowest BCUT2D eigenvalue weighted by molar-refractivity contribution is 0.0782. The monoisotopic (exact) mass is 341 g/mol. The molecule has 2 nitrogen and oxygen atoms in total. The summed E-state index contributed by atoms with van der Waals surface area (Å²) in [6.45, 7) is 2.27. The van der Waals surface area contributed by atoms with Crippen LogP contribution in [0.5, 0.6) is 0 Å². The third-order valence-electron chi connectivity index (χ3n) is 2.72. The third-order valence-corrected chi connectivity index (χ3v) is 4.40. The van der Waals surface area contributed by atoms with Crippen LogP contribution in [0.2, 0.25) is 0 Å². The van der Waals surface area contributed by atoms with Crippen molar-refractivity contribution in [1.29, 1.82) is 0 Å². The van der Waals surface area contributed by atoms with E-state index in [0.717, 1.165) is 14.9 Å². The summed E-state index contributed by atoms with van der Waals surface area (Å²) in [7, 11) is 1.68. The SMILES string of the molecule is Cc1ccc(C(=O)N(C)Cc2cc(Br)cs2)c(F)c1. The first-order valence-corrected chi connectivity index (χ1v) is 7.39. The largest absolute Gasteiger partial charge is 0.336 e. The first kappa shape index (κ1) is 14.2. The maximum Gasteiger partial charge on any atom is 0.256 e. The van der Waals surface area contributed by atoms with Gasteiger partial charge in [-0.2, -0.15) is 0 Å². The number of halogens is 2. The topological polar surface area (TPSA) is 20.3 Å². The van der Waals surface area contributed by atoms with Crippen molar-refractivity contribution in [2.45, 2.75) is 13.5 Å². The van der Waals surface area contributed by atoms with Gasteiger partial charge in [-0.3, -0.25) is 4.79 Å². The lowest BCUT2D eigenvalue weighted by atomic mass is 10.1. The predicted molar refractivity (Wildman–Crippen MR) is 79.0 cm³/mol. The van der Waals surface area contributed by atoms with Crippen molar-refractivity contribution in [3.05, 3.63) is 55.9 Å². The van der Waals surface area contributed by atoms with Gasteiger partial charge in [0, 0.05) is 21.8 Å². The molecule has 1 amide bonds. The number of aryl methyl sites for hydroxylation is 1. The summed E-state index contributed by atoms with van der Waals surface area (Å²) in [4.78, 5) is 14.7. The number of hydrogen-bond acceptors (Lipinski definition) is 2. The molecule has 0 spiro atoms. The molecule has 0 saturated carbocycles. The Balaban J connectivity index is 2.14. The summed E-state index contributed by atoms with van der Waals surface area (Å²) >= 11 is 4.93. The number of benzene rings is 1. The van der Waals surface area contributed by atoms with Gasteiger partial charge < -0.3 is 4.90 Å². The predicted octanol–water partition coefficient (Wildman–Crippen LogP) is 4.23. The van der Waals surface area contributed by atoms with E-state index in [1.807, 2.05) is 11.4 Å². The molecular formula is C14H13BrFNOS. The van der Waals surface area contributed by atoms with Gasteiger partial charge in [-0.1, -0.05) is 6.07 Å². The van der Waals surface area contributed by atoms with E-state index in [2.05, 4.69) is 15.9 Å². The van der Waals surface area contributed by atoms with Gasteiger partial charge in [0.05, 0.1) is 12.1 Å². The summed E-state index contributed by atoms with van der Waals surface area (Å²) in [5, 5.41) is 1.96. The van der Waals surface area contributed by atoms with E-state index in [4.69, 9.17) is 0 Å². The normalized spacial score (nSPS) is 10.5. The van der Waals surface area contributed by atoms with Crippen LogP contribution < -0.4 is 0 Å². The third kappa shape index (κ3) is 3.42. The minimum absolute atomic E-state index is 0.115. The Kier molecular flexibility index (Phi) is 4.37. The summed E-state index contributed by atoms with van der Waals surface area (Å²) in [5.74, 6) is -0.772. The van der Waals surface area contributed by atoms with Crippen LogP contribution in [0.4, 0.5) is 4.39 Å². The van der Waals surface area contributed by atoms with Gasteiger partial charge in [0.15, 0.2) is 0 Å². The van der Waals surface area contributed by atoms with Crippen molar-refractivity contribution in [2.24, 2.45) is 0 Å². The fraction of sp³-hybridized carbons (Fsp3) is 0.214. The minimum Gasteiger partial charge on any atom is -0.336 e. The highest BCUT2D eigenvalue weighted by atomic mass is 79.9. The van der Waals surface area contributed by atoms with Crippen LogP contribution in [-0.4, -0.2) is 17.9 Å². The van der Waals surface area contributed by atoms with Gasteiger partial charge in [-0.15, -0.1) is 11.3 Å². The molecule has 1 aromatic heterocycles. The number of carbonyl (C=O) groups excluding carboxylic acids is 1. The van der Waals surface area contributed by atoms with Crippen LogP contribution in [0.25, 0.3) is 0 Å². The first-order valence-electron chi connectivity index (χ1n) is 5.72. The number of rotatable bonds is 3. The van der Waals surface area contributed by atoms with Crippen LogP contribution in [0.1, 0.15) is 20.8 Å². The summed E-state index contributed by atoms with van der Waals surface area (Å²) in [6.07, 6.45) is 0. The van der Waals surface area contributed by atoms with E-state index < -0.39 is 5.82 Å². The molecule has 2 aromatic rings. The maximum absolute atomic E-state index is 13.8. The fourth-order valence-electron chi connectivity index (χ4n) is 1.74. The maximum atomic E-state index is 13.8. The van der Waals surface area contributed by atoms with E-state index in [9.17, 15) is 9.18 Å². The molecule has 0 aliphatic carbocycles. The molecule has 0 aliphatic rings. The molecule has 19 heavy (non-hydrogen) atoms. The molecular weight excluding hydrogens is 329 g/mol. The molecule has 0 aliphatic heterocycles. The lowest BCUT2D eigenvalue weighted by Crippen LogP contribution is -2.26. The van der Waals surface area contributed by atoms with Crippen molar-refractivity contribution < 1.29 is 9.18 Å². The Bertz CT molecular complexity index is 611. The second-order valence-corrected chi connectivity index (χ2v) is 6.29. The van der Waals surface area contributed by atoms with Gasteiger partial charge in [0.25, 0.3) is 5.91 Å². The zero-order valence-corrected chi connectivity index (χ0v) is 13.0. The van der Waals surface area contributed by atoms with Crippen molar-refractivity contribution in [3.8, 4) is 0 Å². The van der Waals surface area contributed by atoms with Gasteiger partial charge in [-0.25, -0.2) is 4.39 Å². The Labute approximate surface area is 124 Å². The number of hydrogen-bond donors (Lipinski definition) is 0. The standard InChI is InChI=1S/C14H13BrFNOS/c1-9-3-4-12(13(16)5-9)14(18)17(2)7-11-6-10(15)8-19-11/h3-6,8H,7H2,1-2H3. The zero-order chi connectivity index (χ0) is 14.0. The number of thiophene rings is 1. The Morgan fingerprint density at radius 3 is 2.74 bits per heavy atom. The van der Waals surface area contributed by atoms with E-state index in [0.29, 0.717) is 6.54 Å². The highest BCUT2D eigenvalue weighted by Crippen LogP contribution is 2.21. The van der Waals surface area contributed by atoms with Crippen molar-refractivity contribution in [2.75, 3.05) is 7.05 Å². The molecule has 2 rings (SSSR count). The van der Waals surface area contributed by atoms with Gasteiger partial charge in [-0.05, 0) is 46.6 Å². The Hall–Kier alpha value is -1.20. The summed E-state index contributed by atoms with van der Waals surface area (Å²) in [6, 6.07) is 6.61. The lowest BCUT2D eigenvalue weighted by Gasteiger charge is -2.16. The van der Waals surface area contributed by atoms with Crippen molar-refractivity contribution in [1.82, 2.24) is 4.90 Å². The van der Waals surface area contributed by atoms with E-state index in [1.54, 1.807) is 31.4 Å². The molecule has 5 heteroatoms. The smallest absolute Gasteiger partial charge is 0.256 e. The average Bonchev–Trinajstić information content (AvgIpc) is 2.74. The molecule has 1 aromatic carbocycles. The number of amides is 1. The minimum atomic E-state index is -0.468. The van der Waals surface area contributed by atoms with Crippen molar-refractivity contribution >= 4 is 33.2 Å². The highest BCUT2D eigenvalue weighted by molar-refractivity contribution is 9.10. The molecule has 0 fully saturated rings. The van der Waals surface area contributed by atoms with Crippen molar-refractivity contribution in [3.63, 3.8) is 0 Å². The molecule has 0 atom stereocenters. The molecule has 100 valence electrons. The fourth-order valence-corrected chi connectivity index (χ4v) is 3.24. The second kappa shape index (κ2) is 5.84. The van der Waals surface area contributed by atoms with Crippen LogP contribution in [-0.2, 0) is 6.54 Å².